The summed E-state index contributed by atoms with van der Waals surface area (Å²) in [5, 5.41) is 3.09. The quantitative estimate of drug-likeness (QED) is 0.846. The van der Waals surface area contributed by atoms with Crippen molar-refractivity contribution in [2.24, 2.45) is 5.92 Å². The molecule has 2 unspecified atom stereocenters. The minimum atomic E-state index is -4.21. The van der Waals surface area contributed by atoms with Crippen LogP contribution in [0.5, 0.6) is 0 Å². The number of amides is 1. The van der Waals surface area contributed by atoms with Crippen molar-refractivity contribution >= 4 is 5.91 Å². The highest BCUT2D eigenvalue weighted by molar-refractivity contribution is 5.81. The smallest absolute Gasteiger partial charge is 0.344 e. The van der Waals surface area contributed by atoms with Crippen molar-refractivity contribution in [2.75, 3.05) is 20.1 Å². The number of carbonyl (C=O) groups excluding carboxylic acids is 1. The minimum absolute atomic E-state index is 0.225. The molecule has 2 atom stereocenters. The van der Waals surface area contributed by atoms with Gasteiger partial charge in [0.05, 0.1) is 12.5 Å². The largest absolute Gasteiger partial charge is 0.390 e. The van der Waals surface area contributed by atoms with E-state index in [4.69, 9.17) is 0 Å². The molecule has 3 nitrogen and oxygen atoms in total. The molecule has 0 aromatic heterocycles. The van der Waals surface area contributed by atoms with E-state index in [0.717, 1.165) is 25.8 Å². The average molecular weight is 266 g/mol. The fourth-order valence-electron chi connectivity index (χ4n) is 2.23. The van der Waals surface area contributed by atoms with E-state index in [1.165, 1.54) is 11.9 Å². The van der Waals surface area contributed by atoms with E-state index in [0.29, 0.717) is 5.92 Å². The van der Waals surface area contributed by atoms with Gasteiger partial charge in [0, 0.05) is 13.6 Å². The van der Waals surface area contributed by atoms with E-state index < -0.39 is 12.6 Å². The van der Waals surface area contributed by atoms with Gasteiger partial charge in [-0.1, -0.05) is 13.3 Å². The number of hydrogen-bond acceptors (Lipinski definition) is 2. The Labute approximate surface area is 106 Å². The summed E-state index contributed by atoms with van der Waals surface area (Å²) >= 11 is 0. The Bertz CT molecular complexity index is 281. The third kappa shape index (κ3) is 4.84. The summed E-state index contributed by atoms with van der Waals surface area (Å²) in [5.41, 5.74) is 0. The highest BCUT2D eigenvalue weighted by Crippen LogP contribution is 2.22. The van der Waals surface area contributed by atoms with Crippen LogP contribution in [0.15, 0.2) is 0 Å². The van der Waals surface area contributed by atoms with Crippen LogP contribution in [-0.4, -0.2) is 43.2 Å². The van der Waals surface area contributed by atoms with E-state index >= 15 is 0 Å². The number of nitrogens with zero attached hydrogens (tertiary/aromatic N) is 1. The molecule has 18 heavy (non-hydrogen) atoms. The number of alkyl halides is 3. The van der Waals surface area contributed by atoms with E-state index in [1.807, 2.05) is 0 Å². The Morgan fingerprint density at radius 3 is 2.67 bits per heavy atom. The number of piperidine rings is 1. The molecule has 0 aromatic carbocycles. The monoisotopic (exact) mass is 266 g/mol. The Hall–Kier alpha value is -0.780. The second-order valence-electron chi connectivity index (χ2n) is 4.93. The maximum atomic E-state index is 12.1. The van der Waals surface area contributed by atoms with Gasteiger partial charge in [-0.15, -0.1) is 0 Å². The summed E-state index contributed by atoms with van der Waals surface area (Å²) in [5.74, 6) is 0.272. The molecule has 0 bridgehead atoms. The number of rotatable bonds is 4. The molecule has 1 saturated heterocycles. The Balaban J connectivity index is 2.43. The van der Waals surface area contributed by atoms with Crippen molar-refractivity contribution in [3.63, 3.8) is 0 Å². The van der Waals surface area contributed by atoms with Gasteiger partial charge in [0.2, 0.25) is 5.91 Å². The summed E-state index contributed by atoms with van der Waals surface area (Å²) in [4.78, 5) is 13.2. The average Bonchev–Trinajstić information content (AvgIpc) is 2.34. The molecule has 6 heteroatoms. The Morgan fingerprint density at radius 2 is 2.11 bits per heavy atom. The van der Waals surface area contributed by atoms with Crippen LogP contribution in [0.4, 0.5) is 13.2 Å². The molecule has 1 N–H and O–H groups in total. The molecule has 1 amide bonds. The first-order valence-electron chi connectivity index (χ1n) is 6.38. The topological polar surface area (TPSA) is 32.3 Å². The second kappa shape index (κ2) is 6.41. The van der Waals surface area contributed by atoms with Crippen LogP contribution in [0.1, 0.15) is 32.6 Å². The predicted octanol–water partition coefficient (Wildman–Crippen LogP) is 2.18. The predicted molar refractivity (Wildman–Crippen MR) is 63.1 cm³/mol. The number of carbonyl (C=O) groups is 1. The number of hydrogen-bond donors (Lipinski definition) is 1. The third-order valence-corrected chi connectivity index (χ3v) is 3.49. The van der Waals surface area contributed by atoms with Crippen molar-refractivity contribution in [2.45, 2.75) is 44.8 Å². The number of halogens is 3. The fraction of sp³-hybridized carbons (Fsp3) is 0.917. The zero-order chi connectivity index (χ0) is 13.8. The van der Waals surface area contributed by atoms with Crippen molar-refractivity contribution in [3.8, 4) is 0 Å². The van der Waals surface area contributed by atoms with Crippen LogP contribution in [0.3, 0.4) is 0 Å². The van der Waals surface area contributed by atoms with Crippen LogP contribution in [-0.2, 0) is 4.79 Å². The van der Waals surface area contributed by atoms with Crippen molar-refractivity contribution in [1.82, 2.24) is 10.2 Å². The molecule has 106 valence electrons. The first kappa shape index (κ1) is 15.3. The molecule has 1 rings (SSSR count). The van der Waals surface area contributed by atoms with Gasteiger partial charge in [-0.25, -0.2) is 0 Å². The Morgan fingerprint density at radius 1 is 1.44 bits per heavy atom. The van der Waals surface area contributed by atoms with Gasteiger partial charge in [0.25, 0.3) is 0 Å². The van der Waals surface area contributed by atoms with Crippen LogP contribution >= 0.6 is 0 Å². The lowest BCUT2D eigenvalue weighted by Crippen LogP contribution is -2.49. The van der Waals surface area contributed by atoms with Crippen molar-refractivity contribution in [1.29, 1.82) is 0 Å². The van der Waals surface area contributed by atoms with Crippen LogP contribution in [0, 0.1) is 5.92 Å². The first-order valence-corrected chi connectivity index (χ1v) is 6.38. The summed E-state index contributed by atoms with van der Waals surface area (Å²) < 4.78 is 36.3. The molecule has 1 aliphatic heterocycles. The number of likely N-dealkylation sites (N-methyl/N-ethyl adjacent to an activating group) is 1. The van der Waals surface area contributed by atoms with Gasteiger partial charge in [-0.05, 0) is 25.3 Å². The molecule has 1 aliphatic rings. The zero-order valence-electron chi connectivity index (χ0n) is 10.9. The van der Waals surface area contributed by atoms with Crippen LogP contribution in [0.2, 0.25) is 0 Å². The molecular formula is C12H21F3N2O. The van der Waals surface area contributed by atoms with Crippen molar-refractivity contribution < 1.29 is 18.0 Å². The lowest BCUT2D eigenvalue weighted by atomic mass is 9.90. The molecule has 1 heterocycles. The normalized spacial score (nSPS) is 24.9. The summed E-state index contributed by atoms with van der Waals surface area (Å²) in [7, 11) is 1.44. The van der Waals surface area contributed by atoms with E-state index in [1.54, 1.807) is 0 Å². The maximum absolute atomic E-state index is 12.1. The van der Waals surface area contributed by atoms with Crippen LogP contribution in [0.25, 0.3) is 0 Å². The van der Waals surface area contributed by atoms with E-state index in [9.17, 15) is 18.0 Å². The zero-order valence-corrected chi connectivity index (χ0v) is 10.9. The standard InChI is InChI=1S/C12H21F3N2O/c1-3-9-4-6-16-10(8-9)11(18)17(2)7-5-12(13,14)15/h9-10,16H,3-8H2,1-2H3. The molecule has 1 fully saturated rings. The molecule has 0 radical (unpaired) electrons. The lowest BCUT2D eigenvalue weighted by Gasteiger charge is -2.31. The van der Waals surface area contributed by atoms with Gasteiger partial charge in [-0.2, -0.15) is 13.2 Å². The van der Waals surface area contributed by atoms with Crippen LogP contribution < -0.4 is 5.32 Å². The number of nitrogens with one attached hydrogen (secondary N) is 1. The Kier molecular flexibility index (Phi) is 5.44. The van der Waals surface area contributed by atoms with Crippen molar-refractivity contribution in [3.05, 3.63) is 0 Å². The lowest BCUT2D eigenvalue weighted by molar-refractivity contribution is -0.145. The summed E-state index contributed by atoms with van der Waals surface area (Å²) in [6.07, 6.45) is -2.38. The van der Waals surface area contributed by atoms with Gasteiger partial charge in [0.15, 0.2) is 0 Å². The second-order valence-corrected chi connectivity index (χ2v) is 4.93. The molecule has 0 aliphatic carbocycles. The SMILES string of the molecule is CCC1CCNC(C(=O)N(C)CCC(F)(F)F)C1. The maximum Gasteiger partial charge on any atom is 0.390 e. The molecule has 0 spiro atoms. The highest BCUT2D eigenvalue weighted by atomic mass is 19.4. The van der Waals surface area contributed by atoms with E-state index in [-0.39, 0.29) is 18.5 Å². The van der Waals surface area contributed by atoms with Gasteiger partial charge in [0.1, 0.15) is 0 Å². The van der Waals surface area contributed by atoms with Gasteiger partial charge >= 0.3 is 6.18 Å². The summed E-state index contributed by atoms with van der Waals surface area (Å²) in [6.45, 7) is 2.57. The fourth-order valence-corrected chi connectivity index (χ4v) is 2.23. The highest BCUT2D eigenvalue weighted by Gasteiger charge is 2.31. The molecular weight excluding hydrogens is 245 g/mol. The van der Waals surface area contributed by atoms with Gasteiger partial charge in [-0.3, -0.25) is 4.79 Å². The third-order valence-electron chi connectivity index (χ3n) is 3.49. The molecule has 0 saturated carbocycles. The minimum Gasteiger partial charge on any atom is -0.344 e. The van der Waals surface area contributed by atoms with Gasteiger partial charge < -0.3 is 10.2 Å². The van der Waals surface area contributed by atoms with E-state index in [2.05, 4.69) is 12.2 Å². The summed E-state index contributed by atoms with van der Waals surface area (Å²) in [6, 6.07) is -0.318. The first-order chi connectivity index (χ1) is 8.33. The molecule has 0 aromatic rings.